The molecule has 4 N–H and O–H groups in total. The first-order chi connectivity index (χ1) is 44.3. The molecule has 0 saturated carbocycles. The van der Waals surface area contributed by atoms with E-state index in [9.17, 15) is 57.5 Å². The number of aliphatic hydroxyl groups is 2. The van der Waals surface area contributed by atoms with E-state index in [1.165, 1.54) is 48.5 Å². The molecule has 0 aliphatic carbocycles. The molecular weight excluding hydrogens is 1210 g/mol. The molecule has 4 amide bonds. The minimum Gasteiger partial charge on any atom is -0.394 e. The summed E-state index contributed by atoms with van der Waals surface area (Å²) in [6.07, 6.45) is 6.82. The quantitative estimate of drug-likeness (QED) is 0.0461. The van der Waals surface area contributed by atoms with Crippen LogP contribution in [0, 0.1) is 46.3 Å². The van der Waals surface area contributed by atoms with E-state index in [1.54, 1.807) is 36.4 Å². The van der Waals surface area contributed by atoms with Crippen LogP contribution in [-0.4, -0.2) is 142 Å². The molecule has 2 aliphatic rings. The SMILES string of the molecule is C.C#CC(C#N)=c1ccc(=C(C#N)C#N)cc1.CCCOCCN1C(=O)c2ccc3c4c(ccc(c24)C1=O)C(=O)N(CCOCCO)C3=O.CCCOCCn1c(=O)c2cc3c(=O)n(CCOCCO)c(=O)c3cc2c1=O.O=c1[nH]c(=O)c2cc3c(=O)[nH]c(=O)c3cc12. The average Bonchev–Trinajstić information content (AvgIpc) is 1.54. The zero-order valence-corrected chi connectivity index (χ0v) is 49.4. The molecule has 476 valence electrons. The van der Waals surface area contributed by atoms with E-state index in [0.717, 1.165) is 31.8 Å². The van der Waals surface area contributed by atoms with Gasteiger partial charge in [-0.1, -0.05) is 51.5 Å². The van der Waals surface area contributed by atoms with Crippen molar-refractivity contribution in [2.24, 2.45) is 0 Å². The van der Waals surface area contributed by atoms with Gasteiger partial charge >= 0.3 is 0 Å². The van der Waals surface area contributed by atoms with Crippen LogP contribution in [0.2, 0.25) is 0 Å². The highest BCUT2D eigenvalue weighted by atomic mass is 16.5. The standard InChI is InChI=1S/C23H24N2O7.C19H22N2O7.C13H5N3.C10H4N2O4.CH4/c1-2-10-31-11-7-24-20(27)14-3-5-16-19-17(6-4-15(18(14)19)21(24)28)23(30)25(22(16)29)8-12-32-13-9-26;1-2-6-27-7-3-20-16(23)12-10-14-15(11-13(12)17(20)24)19(26)21(18(14)25)4-8-28-9-5-22;1-2-10(7-14)11-3-5-12(6-4-11)13(8-15)9-16;13-7-3-1-4-6(10(16)12-8(4)14)2-5(3)9(15)11-7;/h3-6,26H,2,7-13H2,1H3;10-11,22H,2-9H2,1H3;1,3-6H;1-2H,(H,11,13,15)(H,12,14,16);1H4. The van der Waals surface area contributed by atoms with E-state index in [-0.39, 0.29) is 163 Å². The average molecular weight is 1270 g/mol. The summed E-state index contributed by atoms with van der Waals surface area (Å²) in [6.45, 7) is 5.89. The third kappa shape index (κ3) is 14.0. The number of amides is 4. The molecular formula is C66H59N9O18. The summed E-state index contributed by atoms with van der Waals surface area (Å²) in [5, 5.41) is 46.3. The zero-order valence-electron chi connectivity index (χ0n) is 49.4. The lowest BCUT2D eigenvalue weighted by Gasteiger charge is -2.31. The van der Waals surface area contributed by atoms with Crippen LogP contribution in [0.1, 0.15) is 75.5 Å². The number of hydrogen-bond acceptors (Lipinski definition) is 21. The second-order valence-electron chi connectivity index (χ2n) is 20.3. The predicted molar refractivity (Wildman–Crippen MR) is 340 cm³/mol. The van der Waals surface area contributed by atoms with Gasteiger partial charge in [0.2, 0.25) is 0 Å². The summed E-state index contributed by atoms with van der Waals surface area (Å²) in [7, 11) is 0. The Hall–Kier alpha value is -11.3. The van der Waals surface area contributed by atoms with Gasteiger partial charge in [0.1, 0.15) is 29.4 Å². The Bertz CT molecular complexity index is 4610. The molecule has 0 atom stereocenters. The fourth-order valence-corrected chi connectivity index (χ4v) is 10.3. The van der Waals surface area contributed by atoms with Gasteiger partial charge in [0, 0.05) is 56.7 Å². The van der Waals surface area contributed by atoms with E-state index in [2.05, 4.69) is 15.9 Å². The molecule has 27 heteroatoms. The zero-order chi connectivity index (χ0) is 66.5. The maximum atomic E-state index is 13.1. The van der Waals surface area contributed by atoms with Gasteiger partial charge in [-0.3, -0.25) is 86.4 Å². The van der Waals surface area contributed by atoms with Gasteiger partial charge in [-0.15, -0.1) is 6.42 Å². The minimum atomic E-state index is -0.546. The first-order valence-electron chi connectivity index (χ1n) is 28.5. The third-order valence-electron chi connectivity index (χ3n) is 14.7. The van der Waals surface area contributed by atoms with Crippen molar-refractivity contribution in [1.29, 1.82) is 15.8 Å². The van der Waals surface area contributed by atoms with Crippen LogP contribution in [0.5, 0.6) is 0 Å². The van der Waals surface area contributed by atoms with Crippen molar-refractivity contribution in [2.45, 2.75) is 47.2 Å². The molecule has 0 saturated heterocycles. The van der Waals surface area contributed by atoms with Crippen LogP contribution >= 0.6 is 0 Å². The first kappa shape index (κ1) is 69.2. The van der Waals surface area contributed by atoms with Crippen LogP contribution in [-0.2, 0) is 32.0 Å². The van der Waals surface area contributed by atoms with Crippen molar-refractivity contribution in [3.05, 3.63) is 188 Å². The lowest BCUT2D eigenvalue weighted by atomic mass is 9.86. The number of nitriles is 3. The van der Waals surface area contributed by atoms with Gasteiger partial charge in [0.25, 0.3) is 68.1 Å². The second-order valence-corrected chi connectivity index (χ2v) is 20.3. The van der Waals surface area contributed by atoms with Crippen molar-refractivity contribution >= 4 is 88.6 Å². The minimum absolute atomic E-state index is 0. The summed E-state index contributed by atoms with van der Waals surface area (Å²) >= 11 is 0. The topological polar surface area (TPSA) is 402 Å². The largest absolute Gasteiger partial charge is 0.394 e. The van der Waals surface area contributed by atoms with E-state index >= 15 is 0 Å². The molecule has 11 rings (SSSR count). The number of nitrogens with zero attached hydrogens (tertiary/aromatic N) is 7. The number of aromatic nitrogens is 4. The van der Waals surface area contributed by atoms with Gasteiger partial charge in [-0.2, -0.15) is 15.8 Å². The summed E-state index contributed by atoms with van der Waals surface area (Å²) in [5.74, 6) is 0.319. The van der Waals surface area contributed by atoms with E-state index in [0.29, 0.717) is 34.4 Å². The van der Waals surface area contributed by atoms with E-state index in [4.69, 9.17) is 51.4 Å². The Morgan fingerprint density at radius 3 is 0.978 bits per heavy atom. The number of terminal acetylenes is 1. The van der Waals surface area contributed by atoms with Crippen LogP contribution < -0.4 is 54.9 Å². The molecule has 0 unspecified atom stereocenters. The molecule has 4 aromatic heterocycles. The highest BCUT2D eigenvalue weighted by Gasteiger charge is 2.39. The Kier molecular flexibility index (Phi) is 23.0. The number of carbonyl (C=O) groups is 4. The molecule has 0 bridgehead atoms. The van der Waals surface area contributed by atoms with Crippen LogP contribution in [0.4, 0.5) is 0 Å². The number of aliphatic hydroxyl groups excluding tert-OH is 2. The number of aromatic amines is 2. The van der Waals surface area contributed by atoms with Crippen LogP contribution in [0.15, 0.2) is 111 Å². The van der Waals surface area contributed by atoms with Crippen molar-refractivity contribution in [1.82, 2.24) is 28.9 Å². The van der Waals surface area contributed by atoms with Gasteiger partial charge in [0.05, 0.1) is 122 Å². The third-order valence-corrected chi connectivity index (χ3v) is 14.7. The molecule has 0 radical (unpaired) electrons. The number of fused-ring (bicyclic) bond motifs is 4. The Morgan fingerprint density at radius 1 is 0.419 bits per heavy atom. The smallest absolute Gasteiger partial charge is 0.261 e. The molecule has 0 fully saturated rings. The van der Waals surface area contributed by atoms with Gasteiger partial charge in [0.15, 0.2) is 0 Å². The van der Waals surface area contributed by atoms with Crippen molar-refractivity contribution in [3.63, 3.8) is 0 Å². The summed E-state index contributed by atoms with van der Waals surface area (Å²) in [4.78, 5) is 154. The van der Waals surface area contributed by atoms with Crippen molar-refractivity contribution < 1.29 is 48.3 Å². The fourth-order valence-electron chi connectivity index (χ4n) is 10.3. The van der Waals surface area contributed by atoms with Crippen LogP contribution in [0.3, 0.4) is 0 Å². The Labute approximate surface area is 525 Å². The maximum absolute atomic E-state index is 13.1. The van der Waals surface area contributed by atoms with Gasteiger partial charge in [-0.25, -0.2) is 0 Å². The summed E-state index contributed by atoms with van der Waals surface area (Å²) in [6, 6.07) is 23.2. The highest BCUT2D eigenvalue weighted by Crippen LogP contribution is 2.38. The molecule has 5 aromatic carbocycles. The van der Waals surface area contributed by atoms with Gasteiger partial charge in [-0.05, 0) is 61.4 Å². The molecule has 6 heterocycles. The van der Waals surface area contributed by atoms with Crippen LogP contribution in [0.25, 0.3) is 65.0 Å². The normalized spacial score (nSPS) is 12.1. The fraction of sp³-hybridized carbons (Fsp3) is 0.288. The number of ether oxygens (including phenoxy) is 4. The molecule has 27 nitrogen and oxygen atoms in total. The summed E-state index contributed by atoms with van der Waals surface area (Å²) < 4.78 is 23.2. The predicted octanol–water partition coefficient (Wildman–Crippen LogP) is 0.609. The monoisotopic (exact) mass is 1270 g/mol. The van der Waals surface area contributed by atoms with Crippen molar-refractivity contribution in [3.8, 4) is 30.6 Å². The Balaban J connectivity index is 0.000000183. The number of H-pyrrole nitrogens is 2. The van der Waals surface area contributed by atoms with E-state index < -0.39 is 68.1 Å². The lowest BCUT2D eigenvalue weighted by molar-refractivity contribution is 0.0472. The summed E-state index contributed by atoms with van der Waals surface area (Å²) in [5.41, 5.74) is -2.86. The van der Waals surface area contributed by atoms with Crippen molar-refractivity contribution in [2.75, 3.05) is 79.2 Å². The highest BCUT2D eigenvalue weighted by molar-refractivity contribution is 6.33. The van der Waals surface area contributed by atoms with Gasteiger partial charge < -0.3 is 29.2 Å². The number of imide groups is 2. The maximum Gasteiger partial charge on any atom is 0.261 e. The number of rotatable bonds is 20. The Morgan fingerprint density at radius 2 is 0.699 bits per heavy atom. The first-order valence-corrected chi connectivity index (χ1v) is 28.5. The lowest BCUT2D eigenvalue weighted by Crippen LogP contribution is -2.45. The van der Waals surface area contributed by atoms with E-state index in [1.807, 2.05) is 19.9 Å². The number of benzene rings is 5. The molecule has 0 spiro atoms. The second kappa shape index (κ2) is 31.0. The number of hydrogen-bond donors (Lipinski definition) is 4. The molecule has 93 heavy (non-hydrogen) atoms. The molecule has 2 aliphatic heterocycles. The molecule has 9 aromatic rings. The number of nitrogens with one attached hydrogen (secondary N) is 2. The number of carbonyl (C=O) groups excluding carboxylic acids is 4.